The van der Waals surface area contributed by atoms with Gasteiger partial charge in [-0.1, -0.05) is 42.5 Å². The summed E-state index contributed by atoms with van der Waals surface area (Å²) in [6.45, 7) is 0.776. The van der Waals surface area contributed by atoms with E-state index in [-0.39, 0.29) is 24.7 Å². The molecule has 1 fully saturated rings. The van der Waals surface area contributed by atoms with Gasteiger partial charge in [0.15, 0.2) is 0 Å². The van der Waals surface area contributed by atoms with Gasteiger partial charge in [0.25, 0.3) is 10.0 Å². The zero-order chi connectivity index (χ0) is 19.9. The molecule has 0 spiro atoms. The largest absolute Gasteiger partial charge is 0.465 e. The number of hydrogen-bond acceptors (Lipinski definition) is 4. The zero-order valence-electron chi connectivity index (χ0n) is 14.8. The van der Waals surface area contributed by atoms with Gasteiger partial charge in [0.05, 0.1) is 5.75 Å². The molecule has 0 aliphatic carbocycles. The van der Waals surface area contributed by atoms with Gasteiger partial charge >= 0.3 is 6.09 Å². The van der Waals surface area contributed by atoms with E-state index in [0.29, 0.717) is 23.2 Å². The van der Waals surface area contributed by atoms with Crippen molar-refractivity contribution in [2.75, 3.05) is 25.4 Å². The fourth-order valence-electron chi connectivity index (χ4n) is 3.62. The Balaban J connectivity index is 1.81. The summed E-state index contributed by atoms with van der Waals surface area (Å²) < 4.78 is 42.7. The molecule has 2 aliphatic rings. The first-order valence-electron chi connectivity index (χ1n) is 8.78. The molecule has 1 atom stereocenters. The third-order valence-corrected chi connectivity index (χ3v) is 6.15. The van der Waals surface area contributed by atoms with E-state index in [2.05, 4.69) is 4.40 Å². The second-order valence-corrected chi connectivity index (χ2v) is 8.46. The Kier molecular flexibility index (Phi) is 4.54. The van der Waals surface area contributed by atoms with Crippen LogP contribution in [0.4, 0.5) is 9.18 Å². The number of amides is 1. The monoisotopic (exact) mass is 403 g/mol. The van der Waals surface area contributed by atoms with Crippen molar-refractivity contribution in [1.29, 1.82) is 0 Å². The van der Waals surface area contributed by atoms with Gasteiger partial charge in [0, 0.05) is 25.2 Å². The Labute approximate surface area is 161 Å². The van der Waals surface area contributed by atoms with Gasteiger partial charge in [-0.2, -0.15) is 0 Å². The fourth-order valence-corrected chi connectivity index (χ4v) is 4.66. The lowest BCUT2D eigenvalue weighted by Gasteiger charge is -2.43. The molecule has 146 valence electrons. The zero-order valence-corrected chi connectivity index (χ0v) is 15.6. The maximum absolute atomic E-state index is 14.9. The molecule has 1 amide bonds. The summed E-state index contributed by atoms with van der Waals surface area (Å²) in [5.74, 6) is -0.491. The van der Waals surface area contributed by atoms with Crippen LogP contribution >= 0.6 is 0 Å². The Hall–Kier alpha value is -2.94. The van der Waals surface area contributed by atoms with Crippen molar-refractivity contribution in [3.05, 3.63) is 59.9 Å². The molecule has 2 aromatic rings. The number of halogens is 1. The quantitative estimate of drug-likeness (QED) is 0.832. The number of rotatable bonds is 2. The highest BCUT2D eigenvalue weighted by Crippen LogP contribution is 2.33. The van der Waals surface area contributed by atoms with Crippen molar-refractivity contribution in [3.63, 3.8) is 0 Å². The SMILES string of the molecule is O=C(O)N1CCN2CCS(=O)(=O)N=C2C1c1ccc(-c2ccccc2)c(F)c1. The molecule has 0 aromatic heterocycles. The minimum absolute atomic E-state index is 0.113. The molecule has 2 aliphatic heterocycles. The molecular weight excluding hydrogens is 385 g/mol. The molecule has 1 N–H and O–H groups in total. The van der Waals surface area contributed by atoms with Crippen LogP contribution in [0.5, 0.6) is 0 Å². The van der Waals surface area contributed by atoms with Crippen LogP contribution in [0.15, 0.2) is 52.9 Å². The molecule has 0 bridgehead atoms. The van der Waals surface area contributed by atoms with Gasteiger partial charge in [-0.3, -0.25) is 4.90 Å². The van der Waals surface area contributed by atoms with Crippen LogP contribution in [0.2, 0.25) is 0 Å². The lowest BCUT2D eigenvalue weighted by atomic mass is 9.97. The topological polar surface area (TPSA) is 90.3 Å². The number of benzene rings is 2. The molecule has 28 heavy (non-hydrogen) atoms. The number of nitrogens with zero attached hydrogens (tertiary/aromatic N) is 3. The summed E-state index contributed by atoms with van der Waals surface area (Å²) in [5, 5.41) is 9.60. The summed E-state index contributed by atoms with van der Waals surface area (Å²) in [5.41, 5.74) is 1.43. The average molecular weight is 403 g/mol. The molecule has 2 aromatic carbocycles. The molecular formula is C19H18FN3O4S. The first-order valence-corrected chi connectivity index (χ1v) is 10.4. The normalized spacial score (nSPS) is 21.0. The van der Waals surface area contributed by atoms with E-state index in [1.807, 2.05) is 6.07 Å². The van der Waals surface area contributed by atoms with E-state index in [9.17, 15) is 22.7 Å². The van der Waals surface area contributed by atoms with Crippen LogP contribution in [-0.4, -0.2) is 60.6 Å². The van der Waals surface area contributed by atoms with E-state index in [0.717, 1.165) is 4.90 Å². The van der Waals surface area contributed by atoms with Crippen LogP contribution in [0.25, 0.3) is 11.1 Å². The minimum atomic E-state index is -3.67. The van der Waals surface area contributed by atoms with Crippen molar-refractivity contribution in [2.45, 2.75) is 6.04 Å². The van der Waals surface area contributed by atoms with Crippen LogP contribution in [0.1, 0.15) is 11.6 Å². The number of amidine groups is 1. The molecule has 1 saturated heterocycles. The molecule has 9 heteroatoms. The minimum Gasteiger partial charge on any atom is -0.465 e. The second-order valence-electron chi connectivity index (χ2n) is 6.71. The Morgan fingerprint density at radius 3 is 2.54 bits per heavy atom. The lowest BCUT2D eigenvalue weighted by molar-refractivity contribution is 0.120. The Bertz CT molecular complexity index is 1060. The molecule has 4 rings (SSSR count). The van der Waals surface area contributed by atoms with E-state index >= 15 is 0 Å². The highest BCUT2D eigenvalue weighted by atomic mass is 32.2. The van der Waals surface area contributed by atoms with Crippen LogP contribution in [0.3, 0.4) is 0 Å². The van der Waals surface area contributed by atoms with Crippen LogP contribution < -0.4 is 0 Å². The van der Waals surface area contributed by atoms with Crippen LogP contribution in [-0.2, 0) is 10.0 Å². The summed E-state index contributed by atoms with van der Waals surface area (Å²) in [6.07, 6.45) is -1.21. The van der Waals surface area contributed by atoms with Crippen molar-refractivity contribution in [3.8, 4) is 11.1 Å². The lowest BCUT2D eigenvalue weighted by Crippen LogP contribution is -2.56. The highest BCUT2D eigenvalue weighted by Gasteiger charge is 2.40. The summed E-state index contributed by atoms with van der Waals surface area (Å²) >= 11 is 0. The predicted octanol–water partition coefficient (Wildman–Crippen LogP) is 2.57. The van der Waals surface area contributed by atoms with Gasteiger partial charge in [-0.25, -0.2) is 17.6 Å². The van der Waals surface area contributed by atoms with Crippen molar-refractivity contribution >= 4 is 22.0 Å². The number of carboxylic acid groups (broad SMARTS) is 1. The van der Waals surface area contributed by atoms with Gasteiger partial charge in [0.2, 0.25) is 0 Å². The van der Waals surface area contributed by atoms with E-state index in [1.165, 1.54) is 6.07 Å². The molecule has 7 nitrogen and oxygen atoms in total. The molecule has 0 saturated carbocycles. The summed E-state index contributed by atoms with van der Waals surface area (Å²) in [7, 11) is -3.67. The van der Waals surface area contributed by atoms with Crippen molar-refractivity contribution in [1.82, 2.24) is 9.80 Å². The van der Waals surface area contributed by atoms with Gasteiger partial charge in [0.1, 0.15) is 17.7 Å². The maximum atomic E-state index is 14.9. The Morgan fingerprint density at radius 2 is 1.86 bits per heavy atom. The van der Waals surface area contributed by atoms with Crippen LogP contribution in [0, 0.1) is 5.82 Å². The molecule has 2 heterocycles. The third kappa shape index (κ3) is 3.33. The highest BCUT2D eigenvalue weighted by molar-refractivity contribution is 7.90. The molecule has 0 radical (unpaired) electrons. The van der Waals surface area contributed by atoms with E-state index < -0.39 is 28.0 Å². The number of hydrogen-bond donors (Lipinski definition) is 1. The second kappa shape index (κ2) is 6.90. The first-order chi connectivity index (χ1) is 13.4. The van der Waals surface area contributed by atoms with Gasteiger partial charge in [-0.15, -0.1) is 4.40 Å². The van der Waals surface area contributed by atoms with Crippen molar-refractivity contribution in [2.24, 2.45) is 4.40 Å². The molecule has 1 unspecified atom stereocenters. The number of fused-ring (bicyclic) bond motifs is 1. The van der Waals surface area contributed by atoms with E-state index in [4.69, 9.17) is 0 Å². The number of sulfonamides is 1. The van der Waals surface area contributed by atoms with Gasteiger partial charge in [-0.05, 0) is 17.2 Å². The Morgan fingerprint density at radius 1 is 1.11 bits per heavy atom. The summed E-state index contributed by atoms with van der Waals surface area (Å²) in [4.78, 5) is 14.6. The predicted molar refractivity (Wildman–Crippen MR) is 102 cm³/mol. The number of piperazine rings is 1. The smallest absolute Gasteiger partial charge is 0.408 e. The van der Waals surface area contributed by atoms with E-state index in [1.54, 1.807) is 41.3 Å². The third-order valence-electron chi connectivity index (χ3n) is 4.98. The first kappa shape index (κ1) is 18.4. The average Bonchev–Trinajstić information content (AvgIpc) is 2.67. The van der Waals surface area contributed by atoms with Crippen molar-refractivity contribution < 1.29 is 22.7 Å². The van der Waals surface area contributed by atoms with Gasteiger partial charge < -0.3 is 10.0 Å². The maximum Gasteiger partial charge on any atom is 0.408 e. The number of carbonyl (C=O) groups is 1. The standard InChI is InChI=1S/C19H18FN3O4S/c20-16-12-14(6-7-15(16)13-4-2-1-3-5-13)17-18-21-28(26,27)11-10-22(18)8-9-23(17)19(24)25/h1-7,12,17H,8-11H2,(H,24,25). The summed E-state index contributed by atoms with van der Waals surface area (Å²) in [6, 6.07) is 12.5. The fraction of sp³-hybridized carbons (Fsp3) is 0.263.